The van der Waals surface area contributed by atoms with Crippen LogP contribution in [0, 0.1) is 0 Å². The fourth-order valence-corrected chi connectivity index (χ4v) is 4.97. The lowest BCUT2D eigenvalue weighted by Crippen LogP contribution is -2.19. The summed E-state index contributed by atoms with van der Waals surface area (Å²) in [5, 5.41) is 3.37. The summed E-state index contributed by atoms with van der Waals surface area (Å²) in [6, 6.07) is 11.5. The van der Waals surface area contributed by atoms with Gasteiger partial charge in [-0.1, -0.05) is 53.7 Å². The van der Waals surface area contributed by atoms with E-state index < -0.39 is 28.9 Å². The molecule has 0 radical (unpaired) electrons. The minimum atomic E-state index is -4.58. The van der Waals surface area contributed by atoms with Crippen LogP contribution in [0.1, 0.15) is 29.0 Å². The molecule has 3 rings (SSSR count). The molecule has 1 N–H and O–H groups in total. The van der Waals surface area contributed by atoms with Crippen molar-refractivity contribution in [3.8, 4) is 0 Å². The summed E-state index contributed by atoms with van der Waals surface area (Å²) in [7, 11) is 0. The van der Waals surface area contributed by atoms with E-state index in [1.807, 2.05) is 0 Å². The lowest BCUT2D eigenvalue weighted by atomic mass is 10.1. The number of thioether (sulfide) groups is 1. The highest BCUT2D eigenvalue weighted by Crippen LogP contribution is 2.39. The van der Waals surface area contributed by atoms with Crippen molar-refractivity contribution in [3.05, 3.63) is 75.8 Å². The third kappa shape index (κ3) is 6.96. The fourth-order valence-electron chi connectivity index (χ4n) is 2.78. The van der Waals surface area contributed by atoms with Crippen LogP contribution in [0.3, 0.4) is 0 Å². The first-order valence-electron chi connectivity index (χ1n) is 9.66. The number of hydrogen-bond acceptors (Lipinski definition) is 6. The molecule has 0 unspecified atom stereocenters. The molecule has 1 atom stereocenters. The van der Waals surface area contributed by atoms with E-state index in [2.05, 4.69) is 10.3 Å². The summed E-state index contributed by atoms with van der Waals surface area (Å²) in [5.74, 6) is -0.967. The Kier molecular flexibility index (Phi) is 8.39. The van der Waals surface area contributed by atoms with E-state index in [0.717, 1.165) is 30.0 Å². The second-order valence-electron chi connectivity index (χ2n) is 6.68. The summed E-state index contributed by atoms with van der Waals surface area (Å²) >= 11 is 8.41. The lowest BCUT2D eigenvalue weighted by Gasteiger charge is -2.17. The van der Waals surface area contributed by atoms with Crippen molar-refractivity contribution in [1.29, 1.82) is 0 Å². The van der Waals surface area contributed by atoms with Gasteiger partial charge in [0.05, 0.1) is 35.0 Å². The SMILES string of the molecule is CCOC(=O)Cc1csc(S[C@H](C(=O)Nc2cc(C(F)(F)F)ccc2Cl)c2ccccc2)n1. The van der Waals surface area contributed by atoms with E-state index in [-0.39, 0.29) is 23.7 Å². The molecule has 0 aliphatic heterocycles. The maximum Gasteiger partial charge on any atom is 0.416 e. The van der Waals surface area contributed by atoms with Crippen molar-refractivity contribution in [2.45, 2.75) is 29.1 Å². The van der Waals surface area contributed by atoms with E-state index >= 15 is 0 Å². The predicted molar refractivity (Wildman–Crippen MR) is 123 cm³/mol. The quantitative estimate of drug-likeness (QED) is 0.278. The highest BCUT2D eigenvalue weighted by Gasteiger charge is 2.32. The average Bonchev–Trinajstić information content (AvgIpc) is 3.20. The Labute approximate surface area is 201 Å². The van der Waals surface area contributed by atoms with Gasteiger partial charge in [0.2, 0.25) is 5.91 Å². The fraction of sp³-hybridized carbons (Fsp3) is 0.227. The highest BCUT2D eigenvalue weighted by molar-refractivity contribution is 8.01. The molecule has 174 valence electrons. The topological polar surface area (TPSA) is 68.3 Å². The first kappa shape index (κ1) is 25.1. The number of halogens is 4. The summed E-state index contributed by atoms with van der Waals surface area (Å²) in [6.45, 7) is 1.97. The van der Waals surface area contributed by atoms with Gasteiger partial charge >= 0.3 is 12.1 Å². The molecule has 1 aromatic heterocycles. The molecule has 0 aliphatic carbocycles. The van der Waals surface area contributed by atoms with Crippen molar-refractivity contribution >= 4 is 52.3 Å². The smallest absolute Gasteiger partial charge is 0.416 e. The number of ether oxygens (including phenoxy) is 1. The van der Waals surface area contributed by atoms with Crippen molar-refractivity contribution in [3.63, 3.8) is 0 Å². The maximum atomic E-state index is 13.1. The first-order chi connectivity index (χ1) is 15.7. The van der Waals surface area contributed by atoms with Crippen molar-refractivity contribution in [2.24, 2.45) is 0 Å². The Balaban J connectivity index is 1.83. The number of nitrogens with zero attached hydrogens (tertiary/aromatic N) is 1. The van der Waals surface area contributed by atoms with Crippen molar-refractivity contribution in [1.82, 2.24) is 4.98 Å². The molecule has 0 bridgehead atoms. The predicted octanol–water partition coefficient (Wildman–Crippen LogP) is 6.39. The Hall–Kier alpha value is -2.56. The van der Waals surface area contributed by atoms with Gasteiger partial charge in [-0.15, -0.1) is 11.3 Å². The van der Waals surface area contributed by atoms with Crippen LogP contribution in [0.2, 0.25) is 5.02 Å². The maximum absolute atomic E-state index is 13.1. The molecule has 2 aromatic carbocycles. The van der Waals surface area contributed by atoms with E-state index in [1.54, 1.807) is 42.6 Å². The van der Waals surface area contributed by atoms with Crippen LogP contribution in [0.5, 0.6) is 0 Å². The van der Waals surface area contributed by atoms with Gasteiger partial charge < -0.3 is 10.1 Å². The normalized spacial score (nSPS) is 12.3. The van der Waals surface area contributed by atoms with E-state index in [4.69, 9.17) is 16.3 Å². The molecule has 0 saturated heterocycles. The minimum Gasteiger partial charge on any atom is -0.466 e. The average molecular weight is 515 g/mol. The zero-order chi connectivity index (χ0) is 24.0. The van der Waals surface area contributed by atoms with Gasteiger partial charge in [-0.2, -0.15) is 13.2 Å². The number of rotatable bonds is 8. The van der Waals surface area contributed by atoms with Gasteiger partial charge in [-0.05, 0) is 30.7 Å². The number of anilines is 1. The lowest BCUT2D eigenvalue weighted by molar-refractivity contribution is -0.142. The molecule has 5 nitrogen and oxygen atoms in total. The molecular formula is C22H18ClF3N2O3S2. The van der Waals surface area contributed by atoms with Gasteiger partial charge in [0.1, 0.15) is 5.25 Å². The second kappa shape index (κ2) is 11.0. The van der Waals surface area contributed by atoms with Crippen LogP contribution in [0.25, 0.3) is 0 Å². The van der Waals surface area contributed by atoms with Gasteiger partial charge in [0.15, 0.2) is 4.34 Å². The number of aromatic nitrogens is 1. The molecule has 0 saturated carbocycles. The zero-order valence-electron chi connectivity index (χ0n) is 17.2. The van der Waals surface area contributed by atoms with Gasteiger partial charge in [-0.25, -0.2) is 4.98 Å². The number of thiazole rings is 1. The third-order valence-corrected chi connectivity index (χ3v) is 6.88. The number of carbonyl (C=O) groups is 2. The van der Waals surface area contributed by atoms with Crippen molar-refractivity contribution < 1.29 is 27.5 Å². The van der Waals surface area contributed by atoms with Crippen molar-refractivity contribution in [2.75, 3.05) is 11.9 Å². The molecule has 33 heavy (non-hydrogen) atoms. The molecule has 1 amide bonds. The zero-order valence-corrected chi connectivity index (χ0v) is 19.6. The van der Waals surface area contributed by atoms with E-state index in [0.29, 0.717) is 15.6 Å². The van der Waals surface area contributed by atoms with Crippen LogP contribution >= 0.6 is 34.7 Å². The Morgan fingerprint density at radius 1 is 1.21 bits per heavy atom. The molecule has 11 heteroatoms. The number of amides is 1. The van der Waals surface area contributed by atoms with Crippen LogP contribution in [-0.4, -0.2) is 23.5 Å². The number of carbonyl (C=O) groups excluding carboxylic acids is 2. The molecule has 1 heterocycles. The van der Waals surface area contributed by atoms with Crippen LogP contribution < -0.4 is 5.32 Å². The number of hydrogen-bond donors (Lipinski definition) is 1. The number of benzene rings is 2. The van der Waals surface area contributed by atoms with Crippen LogP contribution in [-0.2, 0) is 26.9 Å². The largest absolute Gasteiger partial charge is 0.466 e. The Morgan fingerprint density at radius 3 is 2.61 bits per heavy atom. The van der Waals surface area contributed by atoms with Gasteiger partial charge in [0.25, 0.3) is 0 Å². The third-order valence-electron chi connectivity index (χ3n) is 4.27. The van der Waals surface area contributed by atoms with Crippen LogP contribution in [0.15, 0.2) is 58.3 Å². The summed E-state index contributed by atoms with van der Waals surface area (Å²) in [5.41, 5.74) is 0.0779. The summed E-state index contributed by atoms with van der Waals surface area (Å²) < 4.78 is 44.7. The molecule has 3 aromatic rings. The first-order valence-corrected chi connectivity index (χ1v) is 11.8. The Bertz CT molecular complexity index is 1120. The minimum absolute atomic E-state index is 0.00689. The number of esters is 1. The number of alkyl halides is 3. The van der Waals surface area contributed by atoms with Gasteiger partial charge in [0, 0.05) is 5.38 Å². The second-order valence-corrected chi connectivity index (χ2v) is 9.29. The van der Waals surface area contributed by atoms with E-state index in [1.165, 1.54) is 11.3 Å². The summed E-state index contributed by atoms with van der Waals surface area (Å²) in [4.78, 5) is 29.2. The van der Waals surface area contributed by atoms with Crippen LogP contribution in [0.4, 0.5) is 18.9 Å². The van der Waals surface area contributed by atoms with Gasteiger partial charge in [-0.3, -0.25) is 9.59 Å². The molecule has 0 spiro atoms. The number of nitrogens with one attached hydrogen (secondary N) is 1. The Morgan fingerprint density at radius 2 is 1.94 bits per heavy atom. The molecule has 0 aliphatic rings. The molecular weight excluding hydrogens is 497 g/mol. The highest BCUT2D eigenvalue weighted by atomic mass is 35.5. The monoisotopic (exact) mass is 514 g/mol. The van der Waals surface area contributed by atoms with E-state index in [9.17, 15) is 22.8 Å². The standard InChI is InChI=1S/C22H18ClF3N2O3S2/c1-2-31-18(29)11-15-12-32-21(27-15)33-19(13-6-4-3-5-7-13)20(30)28-17-10-14(22(24,25)26)8-9-16(17)23/h3-10,12,19H,2,11H2,1H3,(H,28,30)/t19-/m0/s1. The molecule has 0 fully saturated rings. The summed E-state index contributed by atoms with van der Waals surface area (Å²) in [6.07, 6.45) is -4.57.